The van der Waals surface area contributed by atoms with Gasteiger partial charge in [-0.15, -0.1) is 11.3 Å². The number of carbonyl (C=O) groups is 3. The topological polar surface area (TPSA) is 76.2 Å². The molecule has 0 saturated carbocycles. The number of likely N-dealkylation sites (N-methyl/N-ethyl adjacent to an activating group) is 1. The van der Waals surface area contributed by atoms with Gasteiger partial charge in [0.05, 0.1) is 12.6 Å². The van der Waals surface area contributed by atoms with E-state index in [1.807, 2.05) is 26.0 Å². The molecule has 2 saturated heterocycles. The summed E-state index contributed by atoms with van der Waals surface area (Å²) in [6.07, 6.45) is -0.555. The zero-order chi connectivity index (χ0) is 21.6. The summed E-state index contributed by atoms with van der Waals surface area (Å²) < 4.78 is 1.18. The Morgan fingerprint density at radius 3 is 2.70 bits per heavy atom. The van der Waals surface area contributed by atoms with Gasteiger partial charge in [-0.1, -0.05) is 18.2 Å². The van der Waals surface area contributed by atoms with Crippen molar-refractivity contribution in [1.82, 2.24) is 25.1 Å². The number of piperazine rings is 1. The van der Waals surface area contributed by atoms with Crippen LogP contribution in [-0.2, 0) is 16.1 Å². The van der Waals surface area contributed by atoms with Crippen LogP contribution in [0.1, 0.15) is 26.3 Å². The van der Waals surface area contributed by atoms with Gasteiger partial charge < -0.3 is 15.1 Å². The van der Waals surface area contributed by atoms with Crippen LogP contribution in [-0.4, -0.2) is 76.0 Å². The van der Waals surface area contributed by atoms with Crippen LogP contribution in [0.5, 0.6) is 0 Å². The number of rotatable bonds is 3. The molecule has 0 aliphatic carbocycles. The summed E-state index contributed by atoms with van der Waals surface area (Å²) in [6.45, 7) is 6.51. The van der Waals surface area contributed by atoms with E-state index in [1.165, 1.54) is 4.70 Å². The Balaban J connectivity index is 1.70. The van der Waals surface area contributed by atoms with Crippen LogP contribution in [0.4, 0.5) is 4.79 Å². The third-order valence-corrected chi connectivity index (χ3v) is 6.99. The maximum absolute atomic E-state index is 13.3. The maximum Gasteiger partial charge on any atom is 0.333 e. The minimum atomic E-state index is -0.630. The second-order valence-corrected chi connectivity index (χ2v) is 8.76. The summed E-state index contributed by atoms with van der Waals surface area (Å²) in [4.78, 5) is 42.3. The van der Waals surface area contributed by atoms with E-state index in [0.717, 1.165) is 10.9 Å². The van der Waals surface area contributed by atoms with Crippen molar-refractivity contribution in [2.24, 2.45) is 0 Å². The van der Waals surface area contributed by atoms with Gasteiger partial charge in [0.1, 0.15) is 12.2 Å². The number of nitrogens with zero attached hydrogens (tertiary/aromatic N) is 4. The van der Waals surface area contributed by atoms with Crippen molar-refractivity contribution >= 4 is 39.3 Å². The van der Waals surface area contributed by atoms with Gasteiger partial charge in [-0.25, -0.2) is 14.8 Å². The Morgan fingerprint density at radius 2 is 1.97 bits per heavy atom. The third-order valence-electron chi connectivity index (χ3n) is 5.97. The van der Waals surface area contributed by atoms with E-state index in [9.17, 15) is 14.4 Å². The Morgan fingerprint density at radius 1 is 1.23 bits per heavy atom. The van der Waals surface area contributed by atoms with Gasteiger partial charge >= 0.3 is 6.03 Å². The second-order valence-electron chi connectivity index (χ2n) is 7.85. The summed E-state index contributed by atoms with van der Waals surface area (Å²) >= 11 is 1.66. The van der Waals surface area contributed by atoms with E-state index in [4.69, 9.17) is 0 Å². The molecule has 4 amide bonds. The number of thiophene rings is 1. The van der Waals surface area contributed by atoms with Crippen LogP contribution in [0.25, 0.3) is 10.1 Å². The molecule has 2 fully saturated rings. The molecular formula is C21H27N5O3S. The summed E-state index contributed by atoms with van der Waals surface area (Å²) in [5, 5.41) is 9.27. The summed E-state index contributed by atoms with van der Waals surface area (Å²) in [7, 11) is 1.73. The van der Waals surface area contributed by atoms with E-state index < -0.39 is 12.2 Å². The zero-order valence-corrected chi connectivity index (χ0v) is 18.5. The van der Waals surface area contributed by atoms with Gasteiger partial charge in [-0.2, -0.15) is 0 Å². The van der Waals surface area contributed by atoms with Crippen LogP contribution >= 0.6 is 11.3 Å². The van der Waals surface area contributed by atoms with Crippen LogP contribution < -0.4 is 5.32 Å². The van der Waals surface area contributed by atoms with Crippen molar-refractivity contribution in [3.8, 4) is 0 Å². The molecule has 4 rings (SSSR count). The lowest BCUT2D eigenvalue weighted by molar-refractivity contribution is -0.194. The van der Waals surface area contributed by atoms with Crippen molar-refractivity contribution in [2.45, 2.75) is 45.6 Å². The average Bonchev–Trinajstić information content (AvgIpc) is 3.12. The number of benzene rings is 1. The molecule has 1 aromatic carbocycles. The molecule has 30 heavy (non-hydrogen) atoms. The van der Waals surface area contributed by atoms with Crippen LogP contribution in [0.15, 0.2) is 29.6 Å². The van der Waals surface area contributed by atoms with Gasteiger partial charge in [-0.05, 0) is 43.2 Å². The SMILES string of the molecule is CCNC(=O)N1[C@H]2[C@H](C)N(Cc3csc4ccccc34)C(=O)[C@H](C)N2C(=O)CN1C. The van der Waals surface area contributed by atoms with E-state index >= 15 is 0 Å². The molecule has 0 radical (unpaired) electrons. The summed E-state index contributed by atoms with van der Waals surface area (Å²) in [6, 6.07) is 6.88. The highest BCUT2D eigenvalue weighted by atomic mass is 32.1. The minimum absolute atomic E-state index is 0.0626. The van der Waals surface area contributed by atoms with Gasteiger partial charge in [0.15, 0.2) is 0 Å². The number of fused-ring (bicyclic) bond motifs is 2. The largest absolute Gasteiger partial charge is 0.337 e. The van der Waals surface area contributed by atoms with Gasteiger partial charge in [0, 0.05) is 24.8 Å². The first-order valence-corrected chi connectivity index (χ1v) is 11.1. The number of carbonyl (C=O) groups excluding carboxylic acids is 3. The number of hydrogen-bond donors (Lipinski definition) is 1. The maximum atomic E-state index is 13.3. The molecule has 2 aromatic rings. The normalized spacial score (nSPS) is 25.1. The lowest BCUT2D eigenvalue weighted by atomic mass is 10.0. The molecule has 0 spiro atoms. The Kier molecular flexibility index (Phi) is 5.42. The molecule has 9 heteroatoms. The molecule has 2 aliphatic rings. The number of hydrogen-bond acceptors (Lipinski definition) is 5. The van der Waals surface area contributed by atoms with Crippen LogP contribution in [0, 0.1) is 0 Å². The van der Waals surface area contributed by atoms with E-state index in [0.29, 0.717) is 13.1 Å². The second kappa shape index (κ2) is 7.88. The highest BCUT2D eigenvalue weighted by Crippen LogP contribution is 2.33. The highest BCUT2D eigenvalue weighted by Gasteiger charge is 2.52. The van der Waals surface area contributed by atoms with Crippen LogP contribution in [0.2, 0.25) is 0 Å². The first-order valence-electron chi connectivity index (χ1n) is 10.2. The Bertz CT molecular complexity index is 992. The molecule has 3 atom stereocenters. The lowest BCUT2D eigenvalue weighted by Gasteiger charge is -2.56. The van der Waals surface area contributed by atoms with Crippen molar-refractivity contribution < 1.29 is 14.4 Å². The Hall–Kier alpha value is -2.65. The molecule has 1 N–H and O–H groups in total. The number of hydrazine groups is 1. The quantitative estimate of drug-likeness (QED) is 0.811. The smallest absolute Gasteiger partial charge is 0.333 e. The van der Waals surface area contributed by atoms with Gasteiger partial charge in [0.25, 0.3) is 0 Å². The standard InChI is InChI=1S/C21H27N5O3S/c1-5-22-21(29)26-19-13(2)24(10-15-12-30-17-9-7-6-8-16(15)17)20(28)14(3)25(19)18(27)11-23(26)4/h6-9,12-14,19H,5,10-11H2,1-4H3,(H,22,29)/t13-,14-,19-/m0/s1. The predicted octanol–water partition coefficient (Wildman–Crippen LogP) is 2.07. The first kappa shape index (κ1) is 20.6. The lowest BCUT2D eigenvalue weighted by Crippen LogP contribution is -2.77. The summed E-state index contributed by atoms with van der Waals surface area (Å²) in [5.74, 6) is -0.237. The number of urea groups is 1. The molecule has 3 heterocycles. The summed E-state index contributed by atoms with van der Waals surface area (Å²) in [5.41, 5.74) is 1.08. The predicted molar refractivity (Wildman–Crippen MR) is 115 cm³/mol. The molecule has 0 unspecified atom stereocenters. The molecule has 8 nitrogen and oxygen atoms in total. The van der Waals surface area contributed by atoms with Crippen molar-refractivity contribution in [3.63, 3.8) is 0 Å². The van der Waals surface area contributed by atoms with E-state index in [-0.39, 0.29) is 30.4 Å². The van der Waals surface area contributed by atoms with Crippen molar-refractivity contribution in [3.05, 3.63) is 35.2 Å². The first-order chi connectivity index (χ1) is 14.3. The van der Waals surface area contributed by atoms with Gasteiger partial charge in [-0.3, -0.25) is 9.59 Å². The van der Waals surface area contributed by atoms with Crippen LogP contribution in [0.3, 0.4) is 0 Å². The Labute approximate surface area is 180 Å². The number of amides is 4. The van der Waals surface area contributed by atoms with Crippen molar-refractivity contribution in [1.29, 1.82) is 0 Å². The fourth-order valence-electron chi connectivity index (χ4n) is 4.49. The third kappa shape index (κ3) is 3.22. The molecule has 160 valence electrons. The number of nitrogens with one attached hydrogen (secondary N) is 1. The average molecular weight is 430 g/mol. The fourth-order valence-corrected chi connectivity index (χ4v) is 5.45. The molecule has 0 bridgehead atoms. The van der Waals surface area contributed by atoms with E-state index in [1.54, 1.807) is 45.1 Å². The molecule has 1 aromatic heterocycles. The molecular weight excluding hydrogens is 402 g/mol. The van der Waals surface area contributed by atoms with E-state index in [2.05, 4.69) is 22.8 Å². The monoisotopic (exact) mass is 429 g/mol. The molecule has 2 aliphatic heterocycles. The highest BCUT2D eigenvalue weighted by molar-refractivity contribution is 7.17. The van der Waals surface area contributed by atoms with Gasteiger partial charge in [0.2, 0.25) is 11.8 Å². The zero-order valence-electron chi connectivity index (χ0n) is 17.7. The fraction of sp³-hybridized carbons (Fsp3) is 0.476. The minimum Gasteiger partial charge on any atom is -0.337 e. The van der Waals surface area contributed by atoms with Crippen molar-refractivity contribution in [2.75, 3.05) is 20.1 Å².